The predicted octanol–water partition coefficient (Wildman–Crippen LogP) is 5.04. The zero-order valence-corrected chi connectivity index (χ0v) is 17.3. The first kappa shape index (κ1) is 17.3. The summed E-state index contributed by atoms with van der Waals surface area (Å²) >= 11 is 0. The fraction of sp³-hybridized carbons (Fsp3) is 0.440. The van der Waals surface area contributed by atoms with Gasteiger partial charge in [-0.3, -0.25) is 0 Å². The molecule has 0 spiro atoms. The van der Waals surface area contributed by atoms with E-state index in [9.17, 15) is 0 Å². The van der Waals surface area contributed by atoms with Crippen molar-refractivity contribution in [2.24, 2.45) is 9.98 Å². The molecule has 2 aromatic carbocycles. The van der Waals surface area contributed by atoms with Crippen LogP contribution in [0.5, 0.6) is 0 Å². The summed E-state index contributed by atoms with van der Waals surface area (Å²) in [5.41, 5.74) is 5.17. The Labute approximate surface area is 171 Å². The molecule has 4 nitrogen and oxygen atoms in total. The summed E-state index contributed by atoms with van der Waals surface area (Å²) in [4.78, 5) is 9.98. The van der Waals surface area contributed by atoms with Gasteiger partial charge in [0.05, 0.1) is 6.42 Å². The van der Waals surface area contributed by atoms with Crippen LogP contribution in [0.1, 0.15) is 68.6 Å². The van der Waals surface area contributed by atoms with Gasteiger partial charge in [0.15, 0.2) is 11.8 Å². The van der Waals surface area contributed by atoms with E-state index < -0.39 is 0 Å². The Hall–Kier alpha value is -2.62. The summed E-state index contributed by atoms with van der Waals surface area (Å²) in [7, 11) is 0. The van der Waals surface area contributed by atoms with Crippen molar-refractivity contribution in [3.05, 3.63) is 70.8 Å². The molecule has 0 saturated carbocycles. The Morgan fingerprint density at radius 1 is 0.690 bits per heavy atom. The first-order chi connectivity index (χ1) is 13.9. The number of fused-ring (bicyclic) bond motifs is 6. The molecule has 2 aliphatic carbocycles. The molecule has 0 saturated heterocycles. The standard InChI is InChI=1S/C25H26N2O2/c1-24(2)16-11-7-5-9-14(16)20-22(24)26-18(28-20)13-19-27-23-21(29-19)15-10-6-8-12-17(15)25(23,3)4/h5-12,20-23H,13H2,1-4H3/t20-,21-,22-,23-/m1/s1. The fourth-order valence-electron chi connectivity index (χ4n) is 5.76. The van der Waals surface area contributed by atoms with Crippen LogP contribution >= 0.6 is 0 Å². The zero-order chi connectivity index (χ0) is 20.0. The lowest BCUT2D eigenvalue weighted by Crippen LogP contribution is -2.27. The third kappa shape index (κ3) is 2.20. The van der Waals surface area contributed by atoms with E-state index in [-0.39, 0.29) is 35.1 Å². The van der Waals surface area contributed by atoms with Crippen LogP contribution in [0.3, 0.4) is 0 Å². The molecule has 2 heterocycles. The van der Waals surface area contributed by atoms with E-state index in [4.69, 9.17) is 19.5 Å². The van der Waals surface area contributed by atoms with Gasteiger partial charge in [-0.15, -0.1) is 0 Å². The summed E-state index contributed by atoms with van der Waals surface area (Å²) in [5.74, 6) is 1.51. The molecule has 0 fully saturated rings. The molecule has 0 N–H and O–H groups in total. The molecule has 0 bridgehead atoms. The van der Waals surface area contributed by atoms with Gasteiger partial charge in [-0.2, -0.15) is 0 Å². The number of benzene rings is 2. The van der Waals surface area contributed by atoms with Crippen LogP contribution < -0.4 is 0 Å². The zero-order valence-electron chi connectivity index (χ0n) is 17.3. The molecule has 4 atom stereocenters. The molecule has 4 heteroatoms. The van der Waals surface area contributed by atoms with Crippen molar-refractivity contribution in [3.8, 4) is 0 Å². The second-order valence-electron chi connectivity index (χ2n) is 9.81. The first-order valence-electron chi connectivity index (χ1n) is 10.5. The largest absolute Gasteiger partial charge is 0.470 e. The first-order valence-corrected chi connectivity index (χ1v) is 10.5. The van der Waals surface area contributed by atoms with E-state index >= 15 is 0 Å². The monoisotopic (exact) mass is 386 g/mol. The lowest BCUT2D eigenvalue weighted by molar-refractivity contribution is 0.174. The van der Waals surface area contributed by atoms with E-state index in [1.165, 1.54) is 22.3 Å². The predicted molar refractivity (Wildman–Crippen MR) is 114 cm³/mol. The molecular weight excluding hydrogens is 360 g/mol. The minimum Gasteiger partial charge on any atom is -0.470 e. The Balaban J connectivity index is 1.26. The van der Waals surface area contributed by atoms with Gasteiger partial charge in [-0.25, -0.2) is 9.98 Å². The van der Waals surface area contributed by atoms with E-state index in [1.54, 1.807) is 0 Å². The van der Waals surface area contributed by atoms with Crippen molar-refractivity contribution in [2.45, 2.75) is 69.2 Å². The molecule has 0 radical (unpaired) electrons. The highest BCUT2D eigenvalue weighted by Crippen LogP contribution is 2.52. The minimum absolute atomic E-state index is 0.00914. The van der Waals surface area contributed by atoms with Crippen molar-refractivity contribution >= 4 is 11.8 Å². The van der Waals surface area contributed by atoms with Gasteiger partial charge in [0.25, 0.3) is 0 Å². The molecule has 0 unspecified atom stereocenters. The van der Waals surface area contributed by atoms with Crippen LogP contribution in [0.25, 0.3) is 0 Å². The highest BCUT2D eigenvalue weighted by atomic mass is 16.5. The third-order valence-electron chi connectivity index (χ3n) is 7.37. The van der Waals surface area contributed by atoms with E-state index in [0.29, 0.717) is 6.42 Å². The highest BCUT2D eigenvalue weighted by molar-refractivity contribution is 5.99. The maximum atomic E-state index is 6.34. The van der Waals surface area contributed by atoms with Gasteiger partial charge in [0.1, 0.15) is 24.3 Å². The minimum atomic E-state index is -0.0290. The van der Waals surface area contributed by atoms with Gasteiger partial charge in [-0.05, 0) is 22.3 Å². The van der Waals surface area contributed by atoms with Crippen LogP contribution in [-0.4, -0.2) is 23.9 Å². The molecule has 4 aliphatic rings. The van der Waals surface area contributed by atoms with Gasteiger partial charge in [0.2, 0.25) is 0 Å². The van der Waals surface area contributed by atoms with Crippen molar-refractivity contribution < 1.29 is 9.47 Å². The lowest BCUT2D eigenvalue weighted by atomic mass is 9.83. The maximum Gasteiger partial charge on any atom is 0.193 e. The molecule has 0 amide bonds. The molecule has 148 valence electrons. The average molecular weight is 386 g/mol. The van der Waals surface area contributed by atoms with E-state index in [1.807, 2.05) is 0 Å². The quantitative estimate of drug-likeness (QED) is 0.726. The van der Waals surface area contributed by atoms with Gasteiger partial charge in [-0.1, -0.05) is 76.2 Å². The summed E-state index contributed by atoms with van der Waals surface area (Å²) in [6.45, 7) is 9.05. The number of nitrogens with zero attached hydrogens (tertiary/aromatic N) is 2. The second-order valence-corrected chi connectivity index (χ2v) is 9.81. The van der Waals surface area contributed by atoms with Crippen LogP contribution in [-0.2, 0) is 20.3 Å². The van der Waals surface area contributed by atoms with Crippen LogP contribution in [0, 0.1) is 0 Å². The Bertz CT molecular complexity index is 996. The fourth-order valence-corrected chi connectivity index (χ4v) is 5.76. The van der Waals surface area contributed by atoms with Gasteiger partial charge in [0, 0.05) is 10.8 Å². The normalized spacial score (nSPS) is 31.7. The maximum absolute atomic E-state index is 6.34. The van der Waals surface area contributed by atoms with Crippen molar-refractivity contribution in [3.63, 3.8) is 0 Å². The topological polar surface area (TPSA) is 43.2 Å². The number of aliphatic imine (C=N–C) groups is 2. The third-order valence-corrected chi connectivity index (χ3v) is 7.37. The summed E-state index contributed by atoms with van der Waals surface area (Å²) < 4.78 is 12.7. The lowest BCUT2D eigenvalue weighted by Gasteiger charge is -2.23. The molecule has 2 aromatic rings. The Kier molecular flexibility index (Phi) is 3.27. The summed E-state index contributed by atoms with van der Waals surface area (Å²) in [6.07, 6.45) is 0.556. The molecule has 2 aliphatic heterocycles. The Morgan fingerprint density at radius 3 is 1.55 bits per heavy atom. The molecular formula is C25H26N2O2. The molecule has 0 aromatic heterocycles. The molecule has 6 rings (SSSR count). The average Bonchev–Trinajstić information content (AvgIpc) is 3.41. The number of rotatable bonds is 2. The van der Waals surface area contributed by atoms with Crippen LogP contribution in [0.4, 0.5) is 0 Å². The number of hydrogen-bond donors (Lipinski definition) is 0. The number of ether oxygens (including phenoxy) is 2. The van der Waals surface area contributed by atoms with Gasteiger partial charge < -0.3 is 9.47 Å². The Morgan fingerprint density at radius 2 is 1.10 bits per heavy atom. The van der Waals surface area contributed by atoms with E-state index in [0.717, 1.165) is 11.8 Å². The van der Waals surface area contributed by atoms with Crippen LogP contribution in [0.15, 0.2) is 58.5 Å². The van der Waals surface area contributed by atoms with Gasteiger partial charge >= 0.3 is 0 Å². The highest BCUT2D eigenvalue weighted by Gasteiger charge is 2.53. The molecule has 29 heavy (non-hydrogen) atoms. The second kappa shape index (κ2) is 5.50. The smallest absolute Gasteiger partial charge is 0.193 e. The summed E-state index contributed by atoms with van der Waals surface area (Å²) in [6, 6.07) is 17.4. The summed E-state index contributed by atoms with van der Waals surface area (Å²) in [5, 5.41) is 0. The SMILES string of the molecule is CC1(C)c2ccccc2[C@H]2OC(CC3=N[C@@H]4[C@H](O3)c3ccccc3C4(C)C)=N[C@H]21. The van der Waals surface area contributed by atoms with Crippen molar-refractivity contribution in [1.82, 2.24) is 0 Å². The van der Waals surface area contributed by atoms with Crippen molar-refractivity contribution in [1.29, 1.82) is 0 Å². The van der Waals surface area contributed by atoms with E-state index in [2.05, 4.69) is 76.2 Å². The van der Waals surface area contributed by atoms with Crippen LogP contribution in [0.2, 0.25) is 0 Å². The van der Waals surface area contributed by atoms with Crippen molar-refractivity contribution in [2.75, 3.05) is 0 Å². The number of hydrogen-bond acceptors (Lipinski definition) is 4.